The van der Waals surface area contributed by atoms with E-state index in [1.54, 1.807) is 12.4 Å². The van der Waals surface area contributed by atoms with Crippen LogP contribution in [0.1, 0.15) is 37.3 Å². The van der Waals surface area contributed by atoms with Crippen molar-refractivity contribution in [1.82, 2.24) is 19.4 Å². The van der Waals surface area contributed by atoms with Crippen molar-refractivity contribution in [1.29, 1.82) is 0 Å². The maximum absolute atomic E-state index is 5.82. The first kappa shape index (κ1) is 17.5. The van der Waals surface area contributed by atoms with Crippen molar-refractivity contribution < 1.29 is 9.47 Å². The molecule has 0 radical (unpaired) electrons. The van der Waals surface area contributed by atoms with Gasteiger partial charge in [0.25, 0.3) is 0 Å². The zero-order valence-corrected chi connectivity index (χ0v) is 15.5. The molecule has 0 amide bonds. The van der Waals surface area contributed by atoms with Crippen molar-refractivity contribution in [3.63, 3.8) is 0 Å². The summed E-state index contributed by atoms with van der Waals surface area (Å²) < 4.78 is 13.7. The van der Waals surface area contributed by atoms with Gasteiger partial charge in [-0.15, -0.1) is 0 Å². The van der Waals surface area contributed by atoms with Gasteiger partial charge in [0.15, 0.2) is 0 Å². The Morgan fingerprint density at radius 3 is 2.81 bits per heavy atom. The fourth-order valence-electron chi connectivity index (χ4n) is 4.02. The molecule has 0 aliphatic carbocycles. The number of nitrogens with zero attached hydrogens (tertiary/aromatic N) is 4. The van der Waals surface area contributed by atoms with Crippen molar-refractivity contribution in [3.8, 4) is 5.75 Å². The summed E-state index contributed by atoms with van der Waals surface area (Å²) in [6, 6.07) is 4.16. The van der Waals surface area contributed by atoms with Gasteiger partial charge in [0.1, 0.15) is 11.6 Å². The molecular formula is C20H28N4O2. The molecule has 0 aromatic carbocycles. The third-order valence-corrected chi connectivity index (χ3v) is 5.61. The molecule has 26 heavy (non-hydrogen) atoms. The summed E-state index contributed by atoms with van der Waals surface area (Å²) in [5, 5.41) is 0. The van der Waals surface area contributed by atoms with Gasteiger partial charge < -0.3 is 14.0 Å². The van der Waals surface area contributed by atoms with Crippen molar-refractivity contribution in [2.45, 2.75) is 38.8 Å². The van der Waals surface area contributed by atoms with E-state index in [0.29, 0.717) is 12.6 Å². The number of rotatable bonds is 6. The lowest BCUT2D eigenvalue weighted by Crippen LogP contribution is -2.41. The van der Waals surface area contributed by atoms with Crippen LogP contribution in [0.5, 0.6) is 5.75 Å². The van der Waals surface area contributed by atoms with E-state index in [4.69, 9.17) is 14.5 Å². The zero-order chi connectivity index (χ0) is 17.8. The van der Waals surface area contributed by atoms with Gasteiger partial charge in [0.2, 0.25) is 0 Å². The number of ether oxygens (including phenoxy) is 2. The molecule has 6 nitrogen and oxygen atoms in total. The predicted molar refractivity (Wildman–Crippen MR) is 99.2 cm³/mol. The second kappa shape index (κ2) is 8.18. The zero-order valence-electron chi connectivity index (χ0n) is 15.5. The monoisotopic (exact) mass is 356 g/mol. The number of hydrogen-bond acceptors (Lipinski definition) is 5. The highest BCUT2D eigenvalue weighted by Gasteiger charge is 2.29. The lowest BCUT2D eigenvalue weighted by molar-refractivity contribution is 0.0409. The Balaban J connectivity index is 1.34. The summed E-state index contributed by atoms with van der Waals surface area (Å²) in [5.41, 5.74) is 1.27. The molecule has 2 aliphatic heterocycles. The Morgan fingerprint density at radius 1 is 1.19 bits per heavy atom. The van der Waals surface area contributed by atoms with Crippen molar-refractivity contribution in [2.24, 2.45) is 5.92 Å². The summed E-state index contributed by atoms with van der Waals surface area (Å²) in [5.74, 6) is 2.83. The average Bonchev–Trinajstić information content (AvgIpc) is 3.10. The van der Waals surface area contributed by atoms with E-state index in [1.165, 1.54) is 24.4 Å². The largest absolute Gasteiger partial charge is 0.493 e. The van der Waals surface area contributed by atoms with Gasteiger partial charge in [-0.25, -0.2) is 4.98 Å². The van der Waals surface area contributed by atoms with E-state index in [9.17, 15) is 0 Å². The molecule has 4 rings (SSSR count). The minimum absolute atomic E-state index is 0.376. The third kappa shape index (κ3) is 3.91. The molecule has 0 bridgehead atoms. The Hall–Kier alpha value is -1.92. The van der Waals surface area contributed by atoms with Crippen LogP contribution in [-0.4, -0.2) is 52.3 Å². The van der Waals surface area contributed by atoms with Crippen molar-refractivity contribution >= 4 is 0 Å². The van der Waals surface area contributed by atoms with Gasteiger partial charge in [0.05, 0.1) is 12.6 Å². The van der Waals surface area contributed by atoms with Crippen LogP contribution < -0.4 is 4.74 Å². The molecule has 1 atom stereocenters. The van der Waals surface area contributed by atoms with Crippen LogP contribution in [0.2, 0.25) is 0 Å². The van der Waals surface area contributed by atoms with E-state index in [1.807, 2.05) is 18.3 Å². The van der Waals surface area contributed by atoms with Crippen molar-refractivity contribution in [3.05, 3.63) is 42.2 Å². The van der Waals surface area contributed by atoms with E-state index >= 15 is 0 Å². The third-order valence-electron chi connectivity index (χ3n) is 5.61. The fourth-order valence-corrected chi connectivity index (χ4v) is 4.02. The van der Waals surface area contributed by atoms with Gasteiger partial charge in [-0.05, 0) is 37.8 Å². The Kier molecular flexibility index (Phi) is 5.51. The van der Waals surface area contributed by atoms with Gasteiger partial charge in [-0.3, -0.25) is 9.88 Å². The molecule has 0 saturated carbocycles. The number of pyridine rings is 1. The first-order valence-electron chi connectivity index (χ1n) is 9.70. The van der Waals surface area contributed by atoms with Crippen molar-refractivity contribution in [2.75, 3.05) is 32.9 Å². The lowest BCUT2D eigenvalue weighted by Gasteiger charge is -2.37. The molecule has 0 spiro atoms. The molecule has 4 heterocycles. The second-order valence-electron chi connectivity index (χ2n) is 7.27. The van der Waals surface area contributed by atoms with E-state index in [0.717, 1.165) is 50.9 Å². The maximum atomic E-state index is 5.82. The number of imidazole rings is 1. The number of aromatic nitrogens is 3. The Bertz CT molecular complexity index is 697. The SMILES string of the molecule is C[C@H]1c2ncc(CCOc3ccncc3)n2CCN1CC1CCOCC1. The van der Waals surface area contributed by atoms with Crippen LogP contribution in [0.15, 0.2) is 30.7 Å². The van der Waals surface area contributed by atoms with Gasteiger partial charge in [0, 0.05) is 63.6 Å². The first-order valence-corrected chi connectivity index (χ1v) is 9.70. The van der Waals surface area contributed by atoms with E-state index < -0.39 is 0 Å². The second-order valence-corrected chi connectivity index (χ2v) is 7.27. The van der Waals surface area contributed by atoms with E-state index in [2.05, 4.69) is 21.4 Å². The summed E-state index contributed by atoms with van der Waals surface area (Å²) in [7, 11) is 0. The van der Waals surface area contributed by atoms with Crippen LogP contribution in [-0.2, 0) is 17.7 Å². The highest BCUT2D eigenvalue weighted by molar-refractivity contribution is 5.17. The smallest absolute Gasteiger partial charge is 0.126 e. The highest BCUT2D eigenvalue weighted by atomic mass is 16.5. The molecular weight excluding hydrogens is 328 g/mol. The van der Waals surface area contributed by atoms with Gasteiger partial charge >= 0.3 is 0 Å². The summed E-state index contributed by atoms with van der Waals surface area (Å²) in [4.78, 5) is 11.3. The summed E-state index contributed by atoms with van der Waals surface area (Å²) >= 11 is 0. The molecule has 140 valence electrons. The minimum atomic E-state index is 0.376. The van der Waals surface area contributed by atoms with Crippen LogP contribution in [0.25, 0.3) is 0 Å². The number of hydrogen-bond donors (Lipinski definition) is 0. The molecule has 2 aromatic heterocycles. The molecule has 0 N–H and O–H groups in total. The molecule has 2 aromatic rings. The fraction of sp³-hybridized carbons (Fsp3) is 0.600. The molecule has 6 heteroatoms. The van der Waals surface area contributed by atoms with Crippen LogP contribution >= 0.6 is 0 Å². The van der Waals surface area contributed by atoms with Crippen LogP contribution in [0.4, 0.5) is 0 Å². The lowest BCUT2D eigenvalue weighted by atomic mass is 9.98. The quantitative estimate of drug-likeness (QED) is 0.797. The topological polar surface area (TPSA) is 52.4 Å². The Morgan fingerprint density at radius 2 is 2.00 bits per heavy atom. The standard InChI is InChI=1S/C20H28N4O2/c1-16-20-22-14-18(6-13-26-19-2-7-21-8-3-19)24(20)10-9-23(16)15-17-4-11-25-12-5-17/h2-3,7-8,14,16-17H,4-6,9-13,15H2,1H3/t16-/m0/s1. The first-order chi connectivity index (χ1) is 12.8. The van der Waals surface area contributed by atoms with E-state index in [-0.39, 0.29) is 0 Å². The summed E-state index contributed by atoms with van der Waals surface area (Å²) in [6.45, 7) is 8.07. The normalized spacial score (nSPS) is 21.5. The minimum Gasteiger partial charge on any atom is -0.493 e. The van der Waals surface area contributed by atoms with Crippen LogP contribution in [0, 0.1) is 5.92 Å². The van der Waals surface area contributed by atoms with Gasteiger partial charge in [-0.2, -0.15) is 0 Å². The molecule has 0 unspecified atom stereocenters. The van der Waals surface area contributed by atoms with Gasteiger partial charge in [-0.1, -0.05) is 0 Å². The highest BCUT2D eigenvalue weighted by Crippen LogP contribution is 2.28. The summed E-state index contributed by atoms with van der Waals surface area (Å²) in [6.07, 6.45) is 8.79. The maximum Gasteiger partial charge on any atom is 0.126 e. The van der Waals surface area contributed by atoms with Crippen LogP contribution in [0.3, 0.4) is 0 Å². The number of fused-ring (bicyclic) bond motifs is 1. The molecule has 1 saturated heterocycles. The molecule has 2 aliphatic rings. The molecule has 1 fully saturated rings. The Labute approximate surface area is 155 Å². The predicted octanol–water partition coefficient (Wildman–Crippen LogP) is 2.70. The average molecular weight is 356 g/mol.